The molecule has 0 saturated carbocycles. The van der Waals surface area contributed by atoms with Crippen molar-refractivity contribution in [2.24, 2.45) is 10.7 Å². The van der Waals surface area contributed by atoms with E-state index in [1.807, 2.05) is 0 Å². The number of guanidine groups is 1. The highest BCUT2D eigenvalue weighted by Gasteiger charge is 2.20. The first-order chi connectivity index (χ1) is 10.3. The molecule has 1 aromatic rings. The molecule has 5 nitrogen and oxygen atoms in total. The lowest BCUT2D eigenvalue weighted by atomic mass is 10.0. The van der Waals surface area contributed by atoms with Gasteiger partial charge in [0.05, 0.1) is 0 Å². The molecule has 4 N–H and O–H groups in total. The van der Waals surface area contributed by atoms with Gasteiger partial charge in [0.2, 0.25) is 0 Å². The van der Waals surface area contributed by atoms with Gasteiger partial charge in [0.1, 0.15) is 0 Å². The van der Waals surface area contributed by atoms with E-state index in [-0.39, 0.29) is 0 Å². The van der Waals surface area contributed by atoms with Crippen molar-refractivity contribution in [2.75, 3.05) is 31.1 Å². The van der Waals surface area contributed by atoms with Gasteiger partial charge >= 0.3 is 0 Å². The molecule has 21 heavy (non-hydrogen) atoms. The van der Waals surface area contributed by atoms with Crippen LogP contribution in [0.4, 0.5) is 5.69 Å². The van der Waals surface area contributed by atoms with Crippen LogP contribution >= 0.6 is 0 Å². The number of aliphatic imine (C=N–C) groups is 1. The fourth-order valence-corrected chi connectivity index (χ4v) is 2.95. The molecular weight excluding hydrogens is 262 g/mol. The Labute approximate surface area is 126 Å². The molecule has 3 rings (SSSR count). The molecule has 1 aromatic carbocycles. The van der Waals surface area contributed by atoms with Crippen molar-refractivity contribution < 1.29 is 0 Å². The number of anilines is 1. The SMILES string of the molecule is NCc1ccc(N2CCC(NC3=NCCCN3)CC2)cc1. The minimum atomic E-state index is 0.536. The summed E-state index contributed by atoms with van der Waals surface area (Å²) in [6.45, 7) is 4.78. The van der Waals surface area contributed by atoms with Crippen LogP contribution in [0.2, 0.25) is 0 Å². The Morgan fingerprint density at radius 1 is 1.24 bits per heavy atom. The lowest BCUT2D eigenvalue weighted by molar-refractivity contribution is 0.459. The zero-order chi connectivity index (χ0) is 14.5. The van der Waals surface area contributed by atoms with Gasteiger partial charge in [-0.25, -0.2) is 0 Å². The summed E-state index contributed by atoms with van der Waals surface area (Å²) in [5.74, 6) is 0.993. The molecule has 0 atom stereocenters. The topological polar surface area (TPSA) is 65.7 Å². The van der Waals surface area contributed by atoms with E-state index in [9.17, 15) is 0 Å². The molecule has 1 saturated heterocycles. The van der Waals surface area contributed by atoms with Gasteiger partial charge in [0, 0.05) is 44.5 Å². The zero-order valence-corrected chi connectivity index (χ0v) is 12.5. The van der Waals surface area contributed by atoms with Crippen molar-refractivity contribution in [3.05, 3.63) is 29.8 Å². The number of nitrogens with zero attached hydrogens (tertiary/aromatic N) is 2. The van der Waals surface area contributed by atoms with Crippen LogP contribution in [-0.4, -0.2) is 38.2 Å². The van der Waals surface area contributed by atoms with E-state index >= 15 is 0 Å². The van der Waals surface area contributed by atoms with Crippen LogP contribution < -0.4 is 21.3 Å². The van der Waals surface area contributed by atoms with Crippen molar-refractivity contribution >= 4 is 11.6 Å². The highest BCUT2D eigenvalue weighted by Crippen LogP contribution is 2.20. The monoisotopic (exact) mass is 287 g/mol. The van der Waals surface area contributed by atoms with E-state index in [2.05, 4.69) is 44.8 Å². The summed E-state index contributed by atoms with van der Waals surface area (Å²) in [5, 5.41) is 6.88. The molecule has 114 valence electrons. The normalized spacial score (nSPS) is 19.9. The van der Waals surface area contributed by atoms with Crippen LogP contribution in [0.15, 0.2) is 29.3 Å². The molecule has 0 unspecified atom stereocenters. The number of benzene rings is 1. The van der Waals surface area contributed by atoms with Crippen LogP contribution in [-0.2, 0) is 6.54 Å². The molecule has 1 fully saturated rings. The molecule has 2 heterocycles. The third kappa shape index (κ3) is 3.67. The first-order valence-electron chi connectivity index (χ1n) is 7.94. The molecule has 0 aliphatic carbocycles. The maximum absolute atomic E-state index is 5.65. The number of nitrogens with two attached hydrogens (primary N) is 1. The Balaban J connectivity index is 1.51. The van der Waals surface area contributed by atoms with E-state index in [4.69, 9.17) is 5.73 Å². The summed E-state index contributed by atoms with van der Waals surface area (Å²) in [7, 11) is 0. The number of nitrogens with one attached hydrogen (secondary N) is 2. The molecule has 0 bridgehead atoms. The molecule has 0 aromatic heterocycles. The number of piperidine rings is 1. The third-order valence-electron chi connectivity index (χ3n) is 4.27. The van der Waals surface area contributed by atoms with Gasteiger partial charge in [-0.05, 0) is 37.0 Å². The van der Waals surface area contributed by atoms with Crippen LogP contribution in [0.1, 0.15) is 24.8 Å². The smallest absolute Gasteiger partial charge is 0.191 e. The van der Waals surface area contributed by atoms with Gasteiger partial charge in [-0.3, -0.25) is 4.99 Å². The Morgan fingerprint density at radius 2 is 2.00 bits per heavy atom. The van der Waals surface area contributed by atoms with Crippen LogP contribution in [0.5, 0.6) is 0 Å². The van der Waals surface area contributed by atoms with Crippen molar-refractivity contribution in [2.45, 2.75) is 31.8 Å². The van der Waals surface area contributed by atoms with Crippen molar-refractivity contribution in [3.63, 3.8) is 0 Å². The number of rotatable bonds is 3. The molecule has 0 radical (unpaired) electrons. The van der Waals surface area contributed by atoms with Gasteiger partial charge in [-0.15, -0.1) is 0 Å². The summed E-state index contributed by atoms with van der Waals surface area (Å²) in [6, 6.07) is 9.15. The van der Waals surface area contributed by atoms with E-state index in [1.165, 1.54) is 11.3 Å². The Morgan fingerprint density at radius 3 is 2.62 bits per heavy atom. The van der Waals surface area contributed by atoms with Gasteiger partial charge < -0.3 is 21.3 Å². The summed E-state index contributed by atoms with van der Waals surface area (Å²) < 4.78 is 0. The first kappa shape index (κ1) is 14.2. The molecule has 5 heteroatoms. The van der Waals surface area contributed by atoms with E-state index in [1.54, 1.807) is 0 Å². The predicted molar refractivity (Wildman–Crippen MR) is 87.6 cm³/mol. The predicted octanol–water partition coefficient (Wildman–Crippen LogP) is 1.05. The maximum Gasteiger partial charge on any atom is 0.191 e. The Hall–Kier alpha value is -1.75. The fourth-order valence-electron chi connectivity index (χ4n) is 2.95. The molecule has 0 amide bonds. The quantitative estimate of drug-likeness (QED) is 0.777. The second kappa shape index (κ2) is 6.80. The van der Waals surface area contributed by atoms with Crippen molar-refractivity contribution in [1.29, 1.82) is 0 Å². The van der Waals surface area contributed by atoms with Gasteiger partial charge in [-0.1, -0.05) is 12.1 Å². The Bertz CT molecular complexity index is 474. The molecule has 0 spiro atoms. The fraction of sp³-hybridized carbons (Fsp3) is 0.562. The van der Waals surface area contributed by atoms with E-state index in [0.29, 0.717) is 12.6 Å². The molecule has 2 aliphatic rings. The van der Waals surface area contributed by atoms with Gasteiger partial charge in [-0.2, -0.15) is 0 Å². The summed E-state index contributed by atoms with van der Waals surface area (Å²) >= 11 is 0. The number of hydrogen-bond donors (Lipinski definition) is 3. The maximum atomic E-state index is 5.65. The highest BCUT2D eigenvalue weighted by molar-refractivity contribution is 5.80. The third-order valence-corrected chi connectivity index (χ3v) is 4.27. The molecular formula is C16H25N5. The summed E-state index contributed by atoms with van der Waals surface area (Å²) in [6.07, 6.45) is 3.45. The summed E-state index contributed by atoms with van der Waals surface area (Å²) in [4.78, 5) is 6.94. The van der Waals surface area contributed by atoms with Crippen molar-refractivity contribution in [3.8, 4) is 0 Å². The number of hydrogen-bond acceptors (Lipinski definition) is 5. The van der Waals surface area contributed by atoms with Crippen molar-refractivity contribution in [1.82, 2.24) is 10.6 Å². The lowest BCUT2D eigenvalue weighted by Crippen LogP contribution is -2.50. The minimum Gasteiger partial charge on any atom is -0.371 e. The average Bonchev–Trinajstić information content (AvgIpc) is 2.57. The summed E-state index contributed by atoms with van der Waals surface area (Å²) in [5.41, 5.74) is 8.14. The first-order valence-corrected chi connectivity index (χ1v) is 7.94. The second-order valence-electron chi connectivity index (χ2n) is 5.79. The van der Waals surface area contributed by atoms with E-state index < -0.39 is 0 Å². The minimum absolute atomic E-state index is 0.536. The zero-order valence-electron chi connectivity index (χ0n) is 12.5. The lowest BCUT2D eigenvalue weighted by Gasteiger charge is -2.35. The van der Waals surface area contributed by atoms with Crippen LogP contribution in [0.25, 0.3) is 0 Å². The van der Waals surface area contributed by atoms with Crippen LogP contribution in [0.3, 0.4) is 0 Å². The standard InChI is InChI=1S/C16H25N5/c17-12-13-2-4-15(5-3-13)21-10-6-14(7-11-21)20-16-18-8-1-9-19-16/h2-5,14H,1,6-12,17H2,(H2,18,19,20). The second-order valence-corrected chi connectivity index (χ2v) is 5.79. The highest BCUT2D eigenvalue weighted by atomic mass is 15.2. The molecule has 2 aliphatic heterocycles. The van der Waals surface area contributed by atoms with Crippen LogP contribution in [0, 0.1) is 0 Å². The average molecular weight is 287 g/mol. The largest absolute Gasteiger partial charge is 0.371 e. The van der Waals surface area contributed by atoms with Gasteiger partial charge in [0.15, 0.2) is 5.96 Å². The Kier molecular flexibility index (Phi) is 4.60. The van der Waals surface area contributed by atoms with Gasteiger partial charge in [0.25, 0.3) is 0 Å². The van der Waals surface area contributed by atoms with E-state index in [0.717, 1.165) is 51.4 Å².